The van der Waals surface area contributed by atoms with Crippen molar-refractivity contribution in [2.75, 3.05) is 0 Å². The van der Waals surface area contributed by atoms with Gasteiger partial charge < -0.3 is 9.30 Å². The minimum atomic E-state index is -0.0171. The maximum absolute atomic E-state index is 12.4. The molecule has 0 fully saturated rings. The van der Waals surface area contributed by atoms with E-state index in [1.165, 1.54) is 0 Å². The van der Waals surface area contributed by atoms with E-state index in [0.29, 0.717) is 5.56 Å². The van der Waals surface area contributed by atoms with Gasteiger partial charge in [0.15, 0.2) is 5.78 Å². The van der Waals surface area contributed by atoms with Gasteiger partial charge in [-0.1, -0.05) is 30.3 Å². The summed E-state index contributed by atoms with van der Waals surface area (Å²) in [6.45, 7) is 3.99. The predicted octanol–water partition coefficient (Wildman–Crippen LogP) is 5.16. The summed E-state index contributed by atoms with van der Waals surface area (Å²) in [6, 6.07) is 19.2. The first-order valence-corrected chi connectivity index (χ1v) is 8.34. The Kier molecular flexibility index (Phi) is 5.14. The van der Waals surface area contributed by atoms with Crippen LogP contribution in [0, 0.1) is 0 Å². The molecule has 25 heavy (non-hydrogen) atoms. The molecule has 1 aromatic heterocycles. The fourth-order valence-electron chi connectivity index (χ4n) is 2.52. The van der Waals surface area contributed by atoms with E-state index in [2.05, 4.69) is 0 Å². The lowest BCUT2D eigenvalue weighted by molar-refractivity contribution is 0.104. The van der Waals surface area contributed by atoms with Crippen molar-refractivity contribution in [1.82, 2.24) is 4.57 Å². The van der Waals surface area contributed by atoms with E-state index in [0.717, 1.165) is 17.0 Å². The molecule has 0 saturated heterocycles. The average molecular weight is 331 g/mol. The van der Waals surface area contributed by atoms with Crippen molar-refractivity contribution in [3.8, 4) is 11.4 Å². The Balaban J connectivity index is 1.71. The molecule has 3 nitrogen and oxygen atoms in total. The number of carbonyl (C=O) groups excluding carboxylic acids is 1. The molecule has 0 radical (unpaired) electrons. The Morgan fingerprint density at radius 2 is 1.72 bits per heavy atom. The number of hydrogen-bond donors (Lipinski definition) is 0. The highest BCUT2D eigenvalue weighted by Gasteiger charge is 2.04. The van der Waals surface area contributed by atoms with Crippen molar-refractivity contribution in [2.45, 2.75) is 20.0 Å². The molecule has 0 aliphatic heterocycles. The highest BCUT2D eigenvalue weighted by atomic mass is 16.5. The van der Waals surface area contributed by atoms with Crippen LogP contribution >= 0.6 is 0 Å². The van der Waals surface area contributed by atoms with E-state index in [1.54, 1.807) is 6.08 Å². The number of aromatic nitrogens is 1. The van der Waals surface area contributed by atoms with Gasteiger partial charge >= 0.3 is 0 Å². The number of carbonyl (C=O) groups is 1. The Morgan fingerprint density at radius 3 is 2.40 bits per heavy atom. The Morgan fingerprint density at radius 1 is 1.00 bits per heavy atom. The van der Waals surface area contributed by atoms with Gasteiger partial charge in [0.05, 0.1) is 6.10 Å². The van der Waals surface area contributed by atoms with Crippen molar-refractivity contribution in [3.63, 3.8) is 0 Å². The third-order valence-electron chi connectivity index (χ3n) is 3.71. The molecule has 0 amide bonds. The summed E-state index contributed by atoms with van der Waals surface area (Å²) in [6.07, 6.45) is 7.49. The van der Waals surface area contributed by atoms with Crippen LogP contribution in [0.4, 0.5) is 0 Å². The van der Waals surface area contributed by atoms with E-state index in [9.17, 15) is 4.79 Å². The molecule has 3 rings (SSSR count). The first kappa shape index (κ1) is 16.8. The van der Waals surface area contributed by atoms with E-state index < -0.39 is 0 Å². The lowest BCUT2D eigenvalue weighted by atomic mass is 10.1. The van der Waals surface area contributed by atoms with Gasteiger partial charge in [-0.25, -0.2) is 0 Å². The summed E-state index contributed by atoms with van der Waals surface area (Å²) in [5.74, 6) is 0.814. The highest BCUT2D eigenvalue weighted by molar-refractivity contribution is 6.07. The molecule has 3 heteroatoms. The number of benzene rings is 2. The zero-order chi connectivity index (χ0) is 17.6. The van der Waals surface area contributed by atoms with Crippen LogP contribution in [0.5, 0.6) is 5.75 Å². The van der Waals surface area contributed by atoms with Gasteiger partial charge in [-0.3, -0.25) is 4.79 Å². The first-order valence-electron chi connectivity index (χ1n) is 8.34. The average Bonchev–Trinajstić information content (AvgIpc) is 3.15. The standard InChI is InChI=1S/C22H21NO2/c1-17(2)25-21-11-8-18(9-12-21)10-13-22(24)19-6-5-7-20(16-19)23-14-3-4-15-23/h3-17H,1-2H3/b13-10+. The molecule has 0 saturated carbocycles. The van der Waals surface area contributed by atoms with E-state index >= 15 is 0 Å². The number of nitrogens with zero attached hydrogens (tertiary/aromatic N) is 1. The molecule has 0 spiro atoms. The molecule has 3 aromatic rings. The number of hydrogen-bond acceptors (Lipinski definition) is 2. The van der Waals surface area contributed by atoms with Gasteiger partial charge in [0.1, 0.15) is 5.75 Å². The molecule has 0 aliphatic rings. The first-order chi connectivity index (χ1) is 12.1. The number of ketones is 1. The van der Waals surface area contributed by atoms with Crippen molar-refractivity contribution >= 4 is 11.9 Å². The fraction of sp³-hybridized carbons (Fsp3) is 0.136. The van der Waals surface area contributed by atoms with E-state index in [1.807, 2.05) is 97.5 Å². The summed E-state index contributed by atoms with van der Waals surface area (Å²) in [5, 5.41) is 0. The topological polar surface area (TPSA) is 31.2 Å². The van der Waals surface area contributed by atoms with Crippen LogP contribution in [0.25, 0.3) is 11.8 Å². The van der Waals surface area contributed by atoms with Crippen LogP contribution in [0.1, 0.15) is 29.8 Å². The van der Waals surface area contributed by atoms with Crippen LogP contribution in [-0.4, -0.2) is 16.5 Å². The second kappa shape index (κ2) is 7.67. The molecule has 0 bridgehead atoms. The Labute approximate surface area is 148 Å². The number of rotatable bonds is 6. The molecule has 0 aliphatic carbocycles. The van der Waals surface area contributed by atoms with E-state index in [-0.39, 0.29) is 11.9 Å². The van der Waals surface area contributed by atoms with Gasteiger partial charge in [0.25, 0.3) is 0 Å². The van der Waals surface area contributed by atoms with Gasteiger partial charge in [-0.15, -0.1) is 0 Å². The fourth-order valence-corrected chi connectivity index (χ4v) is 2.52. The molecule has 1 heterocycles. The molecule has 0 N–H and O–H groups in total. The lowest BCUT2D eigenvalue weighted by Crippen LogP contribution is -2.05. The zero-order valence-corrected chi connectivity index (χ0v) is 14.4. The van der Waals surface area contributed by atoms with Crippen molar-refractivity contribution < 1.29 is 9.53 Å². The third-order valence-corrected chi connectivity index (χ3v) is 3.71. The normalized spacial score (nSPS) is 11.2. The Hall–Kier alpha value is -3.07. The van der Waals surface area contributed by atoms with Crippen LogP contribution in [-0.2, 0) is 0 Å². The summed E-state index contributed by atoms with van der Waals surface area (Å²) in [5.41, 5.74) is 2.60. The summed E-state index contributed by atoms with van der Waals surface area (Å²) in [7, 11) is 0. The largest absolute Gasteiger partial charge is 0.491 e. The quantitative estimate of drug-likeness (QED) is 0.461. The SMILES string of the molecule is CC(C)Oc1ccc(/C=C/C(=O)c2cccc(-n3cccc3)c2)cc1. The summed E-state index contributed by atoms with van der Waals surface area (Å²) >= 11 is 0. The zero-order valence-electron chi connectivity index (χ0n) is 14.4. The smallest absolute Gasteiger partial charge is 0.185 e. The van der Waals surface area contributed by atoms with Gasteiger partial charge in [0.2, 0.25) is 0 Å². The molecule has 0 atom stereocenters. The molecule has 0 unspecified atom stereocenters. The van der Waals surface area contributed by atoms with E-state index in [4.69, 9.17) is 4.74 Å². The molecular weight excluding hydrogens is 310 g/mol. The Bertz CT molecular complexity index is 859. The molecule has 2 aromatic carbocycles. The van der Waals surface area contributed by atoms with Crippen LogP contribution < -0.4 is 4.74 Å². The monoisotopic (exact) mass is 331 g/mol. The lowest BCUT2D eigenvalue weighted by Gasteiger charge is -2.09. The maximum Gasteiger partial charge on any atom is 0.185 e. The second-order valence-corrected chi connectivity index (χ2v) is 6.07. The number of allylic oxidation sites excluding steroid dienone is 1. The molecular formula is C22H21NO2. The van der Waals surface area contributed by atoms with Crippen molar-refractivity contribution in [1.29, 1.82) is 0 Å². The van der Waals surface area contributed by atoms with Crippen LogP contribution in [0.2, 0.25) is 0 Å². The van der Waals surface area contributed by atoms with Crippen molar-refractivity contribution in [3.05, 3.63) is 90.3 Å². The summed E-state index contributed by atoms with van der Waals surface area (Å²) < 4.78 is 7.60. The van der Waals surface area contributed by atoms with Crippen LogP contribution in [0.15, 0.2) is 79.1 Å². The second-order valence-electron chi connectivity index (χ2n) is 6.07. The highest BCUT2D eigenvalue weighted by Crippen LogP contribution is 2.16. The minimum Gasteiger partial charge on any atom is -0.491 e. The van der Waals surface area contributed by atoms with Crippen LogP contribution in [0.3, 0.4) is 0 Å². The summed E-state index contributed by atoms with van der Waals surface area (Å²) in [4.78, 5) is 12.4. The predicted molar refractivity (Wildman–Crippen MR) is 101 cm³/mol. The third kappa shape index (κ3) is 4.48. The van der Waals surface area contributed by atoms with Gasteiger partial charge in [-0.05, 0) is 61.9 Å². The van der Waals surface area contributed by atoms with Gasteiger partial charge in [0, 0.05) is 23.6 Å². The van der Waals surface area contributed by atoms with Crippen molar-refractivity contribution in [2.24, 2.45) is 0 Å². The number of ether oxygens (including phenoxy) is 1. The van der Waals surface area contributed by atoms with Gasteiger partial charge in [-0.2, -0.15) is 0 Å². The maximum atomic E-state index is 12.4. The molecule has 126 valence electrons. The minimum absolute atomic E-state index is 0.0171.